The van der Waals surface area contributed by atoms with Crippen LogP contribution in [0, 0.1) is 0 Å². The second-order valence-corrected chi connectivity index (χ2v) is 11.7. The van der Waals surface area contributed by atoms with Crippen LogP contribution in [0.5, 0.6) is 5.88 Å². The number of pyridine rings is 1. The molecule has 4 rings (SSSR count). The number of rotatable bonds is 5. The number of aromatic nitrogens is 3. The van der Waals surface area contributed by atoms with Crippen LogP contribution in [0.2, 0.25) is 0 Å². The Morgan fingerprint density at radius 3 is 2.33 bits per heavy atom. The maximum atomic E-state index is 15.0. The minimum absolute atomic E-state index is 0.0739. The van der Waals surface area contributed by atoms with Crippen LogP contribution in [0.15, 0.2) is 53.0 Å². The Labute approximate surface area is 270 Å². The molecule has 4 bridgehead atoms. The fourth-order valence-corrected chi connectivity index (χ4v) is 4.64. The van der Waals surface area contributed by atoms with Crippen molar-refractivity contribution in [2.75, 3.05) is 4.90 Å². The first-order valence-electron chi connectivity index (χ1n) is 14.6. The summed E-state index contributed by atoms with van der Waals surface area (Å²) in [5.41, 5.74) is -7.77. The van der Waals surface area contributed by atoms with Gasteiger partial charge in [-0.2, -0.15) is 31.2 Å². The number of carbonyl (C=O) groups excluding carboxylic acids is 1. The van der Waals surface area contributed by atoms with Crippen LogP contribution in [0.25, 0.3) is 11.6 Å². The van der Waals surface area contributed by atoms with Gasteiger partial charge in [0.05, 0.1) is 12.3 Å². The van der Waals surface area contributed by atoms with E-state index in [1.165, 1.54) is 45.1 Å². The number of carboxylic acid groups (broad SMARTS) is 1. The van der Waals surface area contributed by atoms with Crippen LogP contribution in [0.3, 0.4) is 0 Å². The maximum absolute atomic E-state index is 15.0. The van der Waals surface area contributed by atoms with Crippen LogP contribution in [0.1, 0.15) is 70.4 Å². The van der Waals surface area contributed by atoms with Crippen LogP contribution in [-0.2, 0) is 27.9 Å². The lowest BCUT2D eigenvalue weighted by Crippen LogP contribution is -2.45. The Kier molecular flexibility index (Phi) is 10.4. The molecule has 0 saturated carbocycles. The number of imide groups is 1. The van der Waals surface area contributed by atoms with Crippen molar-refractivity contribution in [3.8, 4) is 17.5 Å². The molecule has 1 unspecified atom stereocenters. The van der Waals surface area contributed by atoms with Gasteiger partial charge in [-0.15, -0.1) is 10.2 Å². The number of benzene rings is 1. The number of amides is 2. The standard InChI is InChI=1S/C31H32F6N4O7/c1-5-19-14-10-7-11-15-29(31(35,36)37,45-17-18-12-8-6-9-13-18)25-40-39-24(47-25)22-21(16-20(30(32,33)34)23(38-22)46-19)41(26(42)43)27(44)48-28(2,3)4/h6-9,11-13,16,19H,5,10,14-15,17H2,1-4H3,(H,42,43)/t19?,29-/m1/s1. The molecule has 260 valence electrons. The Bertz CT molecular complexity index is 1640. The largest absolute Gasteiger partial charge is 0.474 e. The van der Waals surface area contributed by atoms with E-state index >= 15 is 13.2 Å². The van der Waals surface area contributed by atoms with Crippen molar-refractivity contribution >= 4 is 17.9 Å². The molecule has 1 aliphatic rings. The molecule has 0 aliphatic carbocycles. The van der Waals surface area contributed by atoms with Gasteiger partial charge in [-0.25, -0.2) is 14.6 Å². The predicted octanol–water partition coefficient (Wildman–Crippen LogP) is 8.44. The highest BCUT2D eigenvalue weighted by atomic mass is 19.4. The van der Waals surface area contributed by atoms with Gasteiger partial charge in [0, 0.05) is 6.42 Å². The zero-order valence-corrected chi connectivity index (χ0v) is 26.2. The van der Waals surface area contributed by atoms with E-state index in [0.717, 1.165) is 0 Å². The molecule has 3 aromatic rings. The van der Waals surface area contributed by atoms with Crippen molar-refractivity contribution in [2.24, 2.45) is 0 Å². The number of anilines is 1. The zero-order chi connectivity index (χ0) is 35.5. The van der Waals surface area contributed by atoms with Gasteiger partial charge in [0.25, 0.3) is 11.8 Å². The van der Waals surface area contributed by atoms with Gasteiger partial charge >= 0.3 is 24.5 Å². The zero-order valence-electron chi connectivity index (χ0n) is 26.2. The third-order valence-electron chi connectivity index (χ3n) is 7.00. The summed E-state index contributed by atoms with van der Waals surface area (Å²) in [6.07, 6.45) is -13.0. The molecule has 2 amide bonds. The Morgan fingerprint density at radius 1 is 1.06 bits per heavy atom. The number of ether oxygens (including phenoxy) is 3. The number of carbonyl (C=O) groups is 2. The Hall–Kier alpha value is -4.67. The number of allylic oxidation sites excluding steroid dienone is 1. The normalized spacial score (nSPS) is 18.8. The first-order valence-corrected chi connectivity index (χ1v) is 14.6. The van der Waals surface area contributed by atoms with E-state index in [0.29, 0.717) is 5.56 Å². The Morgan fingerprint density at radius 2 is 1.75 bits per heavy atom. The summed E-state index contributed by atoms with van der Waals surface area (Å²) < 4.78 is 110. The molecule has 17 heteroatoms. The number of halogens is 6. The number of hydrogen-bond donors (Lipinski definition) is 1. The molecule has 11 nitrogen and oxygen atoms in total. The first-order chi connectivity index (χ1) is 22.4. The lowest BCUT2D eigenvalue weighted by Gasteiger charge is -2.32. The Balaban J connectivity index is 2.01. The lowest BCUT2D eigenvalue weighted by atomic mass is 9.97. The molecule has 0 spiro atoms. The summed E-state index contributed by atoms with van der Waals surface area (Å²) in [4.78, 5) is 29.1. The highest BCUT2D eigenvalue weighted by Gasteiger charge is 2.61. The van der Waals surface area contributed by atoms with Crippen molar-refractivity contribution in [1.29, 1.82) is 0 Å². The van der Waals surface area contributed by atoms with Crippen molar-refractivity contribution in [2.45, 2.75) is 89.6 Å². The third-order valence-corrected chi connectivity index (χ3v) is 7.00. The van der Waals surface area contributed by atoms with E-state index < -0.39 is 89.5 Å². The van der Waals surface area contributed by atoms with Gasteiger partial charge in [0.2, 0.25) is 11.5 Å². The number of hydrogen-bond acceptors (Lipinski definition) is 9. The number of fused-ring (bicyclic) bond motifs is 5. The van der Waals surface area contributed by atoms with Gasteiger partial charge in [-0.3, -0.25) is 0 Å². The summed E-state index contributed by atoms with van der Waals surface area (Å²) in [5.74, 6) is -3.16. The number of nitrogens with zero attached hydrogens (tertiary/aromatic N) is 4. The summed E-state index contributed by atoms with van der Waals surface area (Å²) >= 11 is 0. The molecule has 0 radical (unpaired) electrons. The van der Waals surface area contributed by atoms with E-state index in [1.807, 2.05) is 0 Å². The first kappa shape index (κ1) is 36.2. The van der Waals surface area contributed by atoms with Gasteiger partial charge in [-0.1, -0.05) is 49.4 Å². The topological polar surface area (TPSA) is 137 Å². The molecule has 2 atom stereocenters. The van der Waals surface area contributed by atoms with Gasteiger partial charge in [0.1, 0.15) is 17.3 Å². The fraction of sp³-hybridized carbons (Fsp3) is 0.452. The van der Waals surface area contributed by atoms with Crippen LogP contribution >= 0.6 is 0 Å². The van der Waals surface area contributed by atoms with E-state index in [9.17, 15) is 27.9 Å². The van der Waals surface area contributed by atoms with Crippen molar-refractivity contribution in [3.05, 3.63) is 65.6 Å². The summed E-state index contributed by atoms with van der Waals surface area (Å²) in [7, 11) is 0. The molecule has 0 fully saturated rings. The van der Waals surface area contributed by atoms with E-state index in [4.69, 9.17) is 18.6 Å². The second-order valence-electron chi connectivity index (χ2n) is 11.7. The van der Waals surface area contributed by atoms with Crippen molar-refractivity contribution in [1.82, 2.24) is 15.2 Å². The minimum Gasteiger partial charge on any atom is -0.474 e. The highest BCUT2D eigenvalue weighted by molar-refractivity contribution is 6.10. The molecule has 48 heavy (non-hydrogen) atoms. The summed E-state index contributed by atoms with van der Waals surface area (Å²) in [6, 6.07) is 8.16. The summed E-state index contributed by atoms with van der Waals surface area (Å²) in [6.45, 7) is 5.19. The van der Waals surface area contributed by atoms with Gasteiger partial charge in [0.15, 0.2) is 5.69 Å². The molecule has 2 aromatic heterocycles. The molecule has 1 aliphatic heterocycles. The van der Waals surface area contributed by atoms with Crippen LogP contribution < -0.4 is 9.64 Å². The van der Waals surface area contributed by atoms with E-state index in [1.54, 1.807) is 25.1 Å². The van der Waals surface area contributed by atoms with Crippen LogP contribution in [-0.4, -0.2) is 50.4 Å². The average Bonchev–Trinajstić information content (AvgIpc) is 3.46. The van der Waals surface area contributed by atoms with Crippen molar-refractivity contribution < 1.29 is 59.7 Å². The van der Waals surface area contributed by atoms with Crippen molar-refractivity contribution in [3.63, 3.8) is 0 Å². The molecule has 0 saturated heterocycles. The SMILES string of the molecule is CCC1CCC=CC[C@](OCc2ccccc2)(C(F)(F)F)c2nnc(o2)-c2nc(c(C(F)(F)F)cc2N(C(=O)O)C(=O)OC(C)(C)C)O1. The second kappa shape index (κ2) is 13.8. The average molecular weight is 687 g/mol. The van der Waals surface area contributed by atoms with E-state index in [2.05, 4.69) is 15.2 Å². The fourth-order valence-electron chi connectivity index (χ4n) is 4.64. The molecule has 1 aromatic carbocycles. The van der Waals surface area contributed by atoms with Gasteiger partial charge in [-0.05, 0) is 51.7 Å². The highest BCUT2D eigenvalue weighted by Crippen LogP contribution is 2.47. The lowest BCUT2D eigenvalue weighted by molar-refractivity contribution is -0.295. The third kappa shape index (κ3) is 8.06. The maximum Gasteiger partial charge on any atom is 0.426 e. The molecular formula is C31H32F6N4O7. The number of alkyl halides is 6. The monoisotopic (exact) mass is 686 g/mol. The smallest absolute Gasteiger partial charge is 0.426 e. The van der Waals surface area contributed by atoms with Gasteiger partial charge < -0.3 is 23.7 Å². The predicted molar refractivity (Wildman–Crippen MR) is 156 cm³/mol. The molecule has 3 heterocycles. The minimum atomic E-state index is -5.20. The quantitative estimate of drug-likeness (QED) is 0.206. The van der Waals surface area contributed by atoms with E-state index in [-0.39, 0.29) is 30.2 Å². The van der Waals surface area contributed by atoms with Crippen LogP contribution in [0.4, 0.5) is 41.6 Å². The molecule has 1 N–H and O–H groups in total. The molecular weight excluding hydrogens is 654 g/mol. The summed E-state index contributed by atoms with van der Waals surface area (Å²) in [5, 5.41) is 17.2.